The van der Waals surface area contributed by atoms with Crippen molar-refractivity contribution in [2.75, 3.05) is 12.4 Å². The standard InChI is InChI=1S/C15H11Cl2NO4/c1-22-13-5-2-8(6-12(13)17)14(19)18-9-3-4-11(16)10(7-9)15(20)21/h2-7H,1H3,(H,18,19)(H,20,21). The molecule has 2 rings (SSSR count). The number of amides is 1. The quantitative estimate of drug-likeness (QED) is 0.884. The van der Waals surface area contributed by atoms with E-state index in [2.05, 4.69) is 5.32 Å². The molecule has 0 fully saturated rings. The fourth-order valence-electron chi connectivity index (χ4n) is 1.78. The summed E-state index contributed by atoms with van der Waals surface area (Å²) in [5.41, 5.74) is 0.545. The number of ether oxygens (including phenoxy) is 1. The number of carboxylic acids is 1. The maximum atomic E-state index is 12.1. The Morgan fingerprint density at radius 1 is 1.09 bits per heavy atom. The molecule has 114 valence electrons. The van der Waals surface area contributed by atoms with E-state index < -0.39 is 11.9 Å². The molecule has 0 atom stereocenters. The number of hydrogen-bond acceptors (Lipinski definition) is 3. The van der Waals surface area contributed by atoms with Gasteiger partial charge in [-0.2, -0.15) is 0 Å². The Morgan fingerprint density at radius 2 is 1.82 bits per heavy atom. The van der Waals surface area contributed by atoms with Crippen molar-refractivity contribution < 1.29 is 19.4 Å². The highest BCUT2D eigenvalue weighted by molar-refractivity contribution is 6.33. The fourth-order valence-corrected chi connectivity index (χ4v) is 2.23. The third-order valence-electron chi connectivity index (χ3n) is 2.87. The Morgan fingerprint density at radius 3 is 2.41 bits per heavy atom. The molecule has 0 aliphatic rings. The van der Waals surface area contributed by atoms with Gasteiger partial charge in [-0.15, -0.1) is 0 Å². The lowest BCUT2D eigenvalue weighted by Crippen LogP contribution is -2.12. The molecule has 7 heteroatoms. The Hall–Kier alpha value is -2.24. The van der Waals surface area contributed by atoms with E-state index in [0.717, 1.165) is 0 Å². The SMILES string of the molecule is COc1ccc(C(=O)Nc2ccc(Cl)c(C(=O)O)c2)cc1Cl. The summed E-state index contributed by atoms with van der Waals surface area (Å²) in [4.78, 5) is 23.2. The lowest BCUT2D eigenvalue weighted by atomic mass is 10.1. The molecule has 0 radical (unpaired) electrons. The van der Waals surface area contributed by atoms with Crippen LogP contribution in [0.3, 0.4) is 0 Å². The molecular formula is C15H11Cl2NO4. The molecule has 0 heterocycles. The third-order valence-corrected chi connectivity index (χ3v) is 3.49. The van der Waals surface area contributed by atoms with Gasteiger partial charge in [0.25, 0.3) is 5.91 Å². The number of benzene rings is 2. The van der Waals surface area contributed by atoms with Gasteiger partial charge in [0.05, 0.1) is 22.7 Å². The molecule has 0 aliphatic heterocycles. The van der Waals surface area contributed by atoms with E-state index in [1.54, 1.807) is 12.1 Å². The Kier molecular flexibility index (Phi) is 4.90. The van der Waals surface area contributed by atoms with Crippen LogP contribution in [0.1, 0.15) is 20.7 Å². The number of aromatic carboxylic acids is 1. The number of methoxy groups -OCH3 is 1. The molecule has 0 bridgehead atoms. The van der Waals surface area contributed by atoms with Gasteiger partial charge >= 0.3 is 5.97 Å². The minimum Gasteiger partial charge on any atom is -0.495 e. The van der Waals surface area contributed by atoms with Crippen LogP contribution in [0.25, 0.3) is 0 Å². The molecule has 0 saturated carbocycles. The zero-order valence-electron chi connectivity index (χ0n) is 11.4. The van der Waals surface area contributed by atoms with Gasteiger partial charge in [-0.1, -0.05) is 23.2 Å². The highest BCUT2D eigenvalue weighted by atomic mass is 35.5. The molecule has 0 aliphatic carbocycles. The molecule has 2 N–H and O–H groups in total. The number of nitrogens with one attached hydrogen (secondary N) is 1. The van der Waals surface area contributed by atoms with Crippen molar-refractivity contribution in [3.8, 4) is 5.75 Å². The third kappa shape index (κ3) is 3.50. The number of halogens is 2. The number of hydrogen-bond donors (Lipinski definition) is 2. The van der Waals surface area contributed by atoms with Crippen LogP contribution in [0.15, 0.2) is 36.4 Å². The first-order valence-electron chi connectivity index (χ1n) is 6.10. The van der Waals surface area contributed by atoms with Gasteiger partial charge in [-0.3, -0.25) is 4.79 Å². The van der Waals surface area contributed by atoms with Gasteiger partial charge in [0.1, 0.15) is 5.75 Å². The first kappa shape index (κ1) is 16.1. The van der Waals surface area contributed by atoms with Crippen LogP contribution in [-0.4, -0.2) is 24.1 Å². The molecule has 0 spiro atoms. The van der Waals surface area contributed by atoms with Crippen molar-refractivity contribution in [3.05, 3.63) is 57.6 Å². The van der Waals surface area contributed by atoms with E-state index in [1.165, 1.54) is 31.4 Å². The fraction of sp³-hybridized carbons (Fsp3) is 0.0667. The number of anilines is 1. The number of rotatable bonds is 4. The molecular weight excluding hydrogens is 329 g/mol. The van der Waals surface area contributed by atoms with Crippen LogP contribution in [0, 0.1) is 0 Å². The maximum Gasteiger partial charge on any atom is 0.337 e. The van der Waals surface area contributed by atoms with Crippen LogP contribution in [-0.2, 0) is 0 Å². The number of carbonyl (C=O) groups is 2. The lowest BCUT2D eigenvalue weighted by molar-refractivity contribution is 0.0696. The second kappa shape index (κ2) is 6.68. The summed E-state index contributed by atoms with van der Waals surface area (Å²) in [5.74, 6) is -1.14. The van der Waals surface area contributed by atoms with Crippen molar-refractivity contribution in [1.82, 2.24) is 0 Å². The summed E-state index contributed by atoms with van der Waals surface area (Å²) >= 11 is 11.7. The van der Waals surface area contributed by atoms with Crippen molar-refractivity contribution >= 4 is 40.8 Å². The first-order chi connectivity index (χ1) is 10.4. The maximum absolute atomic E-state index is 12.1. The predicted octanol–water partition coefficient (Wildman–Crippen LogP) is 3.95. The second-order valence-electron chi connectivity index (χ2n) is 4.30. The molecule has 1 amide bonds. The first-order valence-corrected chi connectivity index (χ1v) is 6.85. The van der Waals surface area contributed by atoms with Crippen molar-refractivity contribution in [2.45, 2.75) is 0 Å². The summed E-state index contributed by atoms with van der Waals surface area (Å²) < 4.78 is 5.01. The Labute approximate surface area is 136 Å². The average Bonchev–Trinajstić information content (AvgIpc) is 2.48. The molecule has 0 saturated heterocycles. The largest absolute Gasteiger partial charge is 0.495 e. The van der Waals surface area contributed by atoms with E-state index in [4.69, 9.17) is 33.0 Å². The molecule has 5 nitrogen and oxygen atoms in total. The Balaban J connectivity index is 2.24. The van der Waals surface area contributed by atoms with Crippen LogP contribution in [0.2, 0.25) is 10.0 Å². The van der Waals surface area contributed by atoms with Gasteiger partial charge in [-0.05, 0) is 36.4 Å². The van der Waals surface area contributed by atoms with E-state index in [-0.39, 0.29) is 10.6 Å². The van der Waals surface area contributed by atoms with E-state index in [9.17, 15) is 9.59 Å². The summed E-state index contributed by atoms with van der Waals surface area (Å²) in [5, 5.41) is 12.0. The zero-order valence-corrected chi connectivity index (χ0v) is 12.9. The number of carboxylic acid groups (broad SMARTS) is 1. The van der Waals surface area contributed by atoms with E-state index in [0.29, 0.717) is 22.0 Å². The van der Waals surface area contributed by atoms with Crippen LogP contribution in [0.4, 0.5) is 5.69 Å². The van der Waals surface area contributed by atoms with Gasteiger partial charge in [0.15, 0.2) is 0 Å². The normalized spacial score (nSPS) is 10.1. The van der Waals surface area contributed by atoms with Gasteiger partial charge in [-0.25, -0.2) is 4.79 Å². The summed E-state index contributed by atoms with van der Waals surface area (Å²) in [6.45, 7) is 0. The predicted molar refractivity (Wildman–Crippen MR) is 84.4 cm³/mol. The van der Waals surface area contributed by atoms with E-state index >= 15 is 0 Å². The van der Waals surface area contributed by atoms with Gasteiger partial charge in [0.2, 0.25) is 0 Å². The van der Waals surface area contributed by atoms with Gasteiger partial charge < -0.3 is 15.2 Å². The van der Waals surface area contributed by atoms with Gasteiger partial charge in [0, 0.05) is 11.3 Å². The molecule has 2 aromatic carbocycles. The highest BCUT2D eigenvalue weighted by Crippen LogP contribution is 2.26. The van der Waals surface area contributed by atoms with Crippen LogP contribution < -0.4 is 10.1 Å². The molecule has 0 unspecified atom stereocenters. The smallest absolute Gasteiger partial charge is 0.337 e. The average molecular weight is 340 g/mol. The molecule has 0 aromatic heterocycles. The number of carbonyl (C=O) groups excluding carboxylic acids is 1. The lowest BCUT2D eigenvalue weighted by Gasteiger charge is -2.09. The summed E-state index contributed by atoms with van der Waals surface area (Å²) in [6.07, 6.45) is 0. The topological polar surface area (TPSA) is 75.6 Å². The monoisotopic (exact) mass is 339 g/mol. The Bertz CT molecular complexity index is 746. The minimum atomic E-state index is -1.17. The van der Waals surface area contributed by atoms with Crippen LogP contribution in [0.5, 0.6) is 5.75 Å². The van der Waals surface area contributed by atoms with Crippen molar-refractivity contribution in [2.24, 2.45) is 0 Å². The van der Waals surface area contributed by atoms with E-state index in [1.807, 2.05) is 0 Å². The molecule has 22 heavy (non-hydrogen) atoms. The highest BCUT2D eigenvalue weighted by Gasteiger charge is 2.13. The zero-order chi connectivity index (χ0) is 16.3. The summed E-state index contributed by atoms with van der Waals surface area (Å²) in [7, 11) is 1.47. The minimum absolute atomic E-state index is 0.0905. The summed E-state index contributed by atoms with van der Waals surface area (Å²) in [6, 6.07) is 8.78. The second-order valence-corrected chi connectivity index (χ2v) is 5.12. The van der Waals surface area contributed by atoms with Crippen molar-refractivity contribution in [3.63, 3.8) is 0 Å². The van der Waals surface area contributed by atoms with Crippen LogP contribution >= 0.6 is 23.2 Å². The molecule has 2 aromatic rings. The van der Waals surface area contributed by atoms with Crippen molar-refractivity contribution in [1.29, 1.82) is 0 Å².